The molecule has 0 saturated heterocycles. The van der Waals surface area contributed by atoms with Gasteiger partial charge in [0.05, 0.1) is 6.54 Å². The van der Waals surface area contributed by atoms with E-state index in [1.54, 1.807) is 33.3 Å². The van der Waals surface area contributed by atoms with Gasteiger partial charge in [-0.15, -0.1) is 11.3 Å². The molecular weight excluding hydrogens is 322 g/mol. The predicted octanol–water partition coefficient (Wildman–Crippen LogP) is 3.06. The van der Waals surface area contributed by atoms with Crippen LogP contribution in [0.3, 0.4) is 0 Å². The molecule has 3 heterocycles. The van der Waals surface area contributed by atoms with Crippen LogP contribution < -0.4 is 5.32 Å². The van der Waals surface area contributed by atoms with E-state index >= 15 is 0 Å². The molecule has 6 nitrogen and oxygen atoms in total. The maximum absolute atomic E-state index is 12.4. The summed E-state index contributed by atoms with van der Waals surface area (Å²) in [5, 5.41) is 9.20. The van der Waals surface area contributed by atoms with Gasteiger partial charge in [-0.3, -0.25) is 0 Å². The lowest BCUT2D eigenvalue weighted by atomic mass is 10.2. The summed E-state index contributed by atoms with van der Waals surface area (Å²) < 4.78 is 1.70. The van der Waals surface area contributed by atoms with Crippen LogP contribution in [0.5, 0.6) is 0 Å². The summed E-state index contributed by atoms with van der Waals surface area (Å²) in [7, 11) is 0. The van der Waals surface area contributed by atoms with E-state index in [2.05, 4.69) is 15.4 Å². The number of urea groups is 1. The lowest BCUT2D eigenvalue weighted by Gasteiger charge is -2.21. The van der Waals surface area contributed by atoms with Crippen molar-refractivity contribution in [3.05, 3.63) is 64.7 Å². The van der Waals surface area contributed by atoms with Gasteiger partial charge in [0.1, 0.15) is 0 Å². The molecule has 0 bridgehead atoms. The first-order valence-corrected chi connectivity index (χ1v) is 8.65. The first kappa shape index (κ1) is 16.2. The molecule has 124 valence electrons. The van der Waals surface area contributed by atoms with Crippen molar-refractivity contribution in [2.24, 2.45) is 0 Å². The number of amides is 2. The van der Waals surface area contributed by atoms with Crippen molar-refractivity contribution in [3.63, 3.8) is 0 Å². The molecule has 1 N–H and O–H groups in total. The second kappa shape index (κ2) is 7.74. The van der Waals surface area contributed by atoms with Crippen LogP contribution in [-0.2, 0) is 13.1 Å². The summed E-state index contributed by atoms with van der Waals surface area (Å²) >= 11 is 1.66. The highest BCUT2D eigenvalue weighted by atomic mass is 32.1. The standard InChI is InChI=1S/C17H19N5OS/c1-2-21(13-15-7-4-11-24-15)17(23)19-12-14-6-3-8-18-16(14)22-10-5-9-20-22/h3-11H,2,12-13H2,1H3,(H,19,23). The predicted molar refractivity (Wildman–Crippen MR) is 94.0 cm³/mol. The Balaban J connectivity index is 1.66. The fourth-order valence-electron chi connectivity index (χ4n) is 2.37. The van der Waals surface area contributed by atoms with Crippen LogP contribution in [0.25, 0.3) is 5.82 Å². The Kier molecular flexibility index (Phi) is 5.22. The zero-order valence-corrected chi connectivity index (χ0v) is 14.2. The van der Waals surface area contributed by atoms with Gasteiger partial charge < -0.3 is 10.2 Å². The first-order valence-electron chi connectivity index (χ1n) is 7.77. The molecule has 3 aromatic heterocycles. The van der Waals surface area contributed by atoms with Crippen molar-refractivity contribution in [3.8, 4) is 5.82 Å². The van der Waals surface area contributed by atoms with Crippen LogP contribution >= 0.6 is 11.3 Å². The second-order valence-corrected chi connectivity index (χ2v) is 6.22. The normalized spacial score (nSPS) is 10.5. The fraction of sp³-hybridized carbons (Fsp3) is 0.235. The number of nitrogens with one attached hydrogen (secondary N) is 1. The van der Waals surface area contributed by atoms with Gasteiger partial charge >= 0.3 is 6.03 Å². The average molecular weight is 341 g/mol. The van der Waals surface area contributed by atoms with Crippen LogP contribution in [0.2, 0.25) is 0 Å². The van der Waals surface area contributed by atoms with E-state index in [1.807, 2.05) is 48.8 Å². The molecule has 0 aromatic carbocycles. The molecule has 0 radical (unpaired) electrons. The molecule has 3 aromatic rings. The van der Waals surface area contributed by atoms with Gasteiger partial charge in [-0.1, -0.05) is 12.1 Å². The van der Waals surface area contributed by atoms with Crippen molar-refractivity contribution in [2.45, 2.75) is 20.0 Å². The number of thiophene rings is 1. The van der Waals surface area contributed by atoms with Gasteiger partial charge in [0.2, 0.25) is 0 Å². The largest absolute Gasteiger partial charge is 0.334 e. The topological polar surface area (TPSA) is 63.1 Å². The summed E-state index contributed by atoms with van der Waals surface area (Å²) in [6.07, 6.45) is 5.26. The number of nitrogens with zero attached hydrogens (tertiary/aromatic N) is 4. The van der Waals surface area contributed by atoms with Crippen LogP contribution in [-0.4, -0.2) is 32.2 Å². The lowest BCUT2D eigenvalue weighted by molar-refractivity contribution is 0.198. The molecule has 0 atom stereocenters. The van der Waals surface area contributed by atoms with Crippen molar-refractivity contribution < 1.29 is 4.79 Å². The SMILES string of the molecule is CCN(Cc1cccs1)C(=O)NCc1cccnc1-n1cccn1. The molecule has 7 heteroatoms. The van der Waals surface area contributed by atoms with E-state index in [9.17, 15) is 4.79 Å². The van der Waals surface area contributed by atoms with Gasteiger partial charge in [-0.25, -0.2) is 14.5 Å². The molecule has 0 fully saturated rings. The Morgan fingerprint density at radius 2 is 2.21 bits per heavy atom. The Bertz CT molecular complexity index is 770. The third kappa shape index (κ3) is 3.80. The van der Waals surface area contributed by atoms with Crippen LogP contribution in [0.4, 0.5) is 4.79 Å². The minimum absolute atomic E-state index is 0.0823. The quantitative estimate of drug-likeness (QED) is 0.749. The summed E-state index contributed by atoms with van der Waals surface area (Å²) in [6, 6.07) is 9.60. The summed E-state index contributed by atoms with van der Waals surface area (Å²) in [4.78, 5) is 19.8. The molecule has 24 heavy (non-hydrogen) atoms. The molecule has 0 aliphatic carbocycles. The Hall–Kier alpha value is -2.67. The maximum Gasteiger partial charge on any atom is 0.317 e. The monoisotopic (exact) mass is 341 g/mol. The number of hydrogen-bond donors (Lipinski definition) is 1. The minimum atomic E-state index is -0.0823. The highest BCUT2D eigenvalue weighted by Crippen LogP contribution is 2.13. The van der Waals surface area contributed by atoms with Gasteiger partial charge in [-0.2, -0.15) is 5.10 Å². The zero-order chi connectivity index (χ0) is 16.8. The Labute approximate surface area is 144 Å². The number of carbonyl (C=O) groups is 1. The number of rotatable bonds is 6. The number of hydrogen-bond acceptors (Lipinski definition) is 4. The Morgan fingerprint density at radius 1 is 1.29 bits per heavy atom. The van der Waals surface area contributed by atoms with E-state index in [0.717, 1.165) is 11.4 Å². The Morgan fingerprint density at radius 3 is 2.92 bits per heavy atom. The number of carbonyl (C=O) groups excluding carboxylic acids is 1. The van der Waals surface area contributed by atoms with Crippen molar-refractivity contribution in [1.29, 1.82) is 0 Å². The van der Waals surface area contributed by atoms with Crippen molar-refractivity contribution >= 4 is 17.4 Å². The summed E-state index contributed by atoms with van der Waals surface area (Å²) in [6.45, 7) is 3.66. The molecule has 0 aliphatic rings. The summed E-state index contributed by atoms with van der Waals surface area (Å²) in [5.41, 5.74) is 0.918. The molecule has 3 rings (SSSR count). The van der Waals surface area contributed by atoms with Crippen molar-refractivity contribution in [2.75, 3.05) is 6.54 Å². The van der Waals surface area contributed by atoms with Crippen molar-refractivity contribution in [1.82, 2.24) is 25.0 Å². The third-order valence-corrected chi connectivity index (χ3v) is 4.48. The van der Waals surface area contributed by atoms with E-state index < -0.39 is 0 Å². The maximum atomic E-state index is 12.4. The van der Waals surface area contributed by atoms with Crippen LogP contribution in [0.15, 0.2) is 54.3 Å². The average Bonchev–Trinajstić information content (AvgIpc) is 3.31. The molecule has 0 aliphatic heterocycles. The van der Waals surface area contributed by atoms with Crippen LogP contribution in [0.1, 0.15) is 17.4 Å². The highest BCUT2D eigenvalue weighted by molar-refractivity contribution is 7.09. The van der Waals surface area contributed by atoms with E-state index in [4.69, 9.17) is 0 Å². The molecule has 2 amide bonds. The molecule has 0 unspecified atom stereocenters. The van der Waals surface area contributed by atoms with Gasteiger partial charge in [0.15, 0.2) is 5.82 Å². The second-order valence-electron chi connectivity index (χ2n) is 5.19. The highest BCUT2D eigenvalue weighted by Gasteiger charge is 2.13. The van der Waals surface area contributed by atoms with E-state index in [-0.39, 0.29) is 6.03 Å². The van der Waals surface area contributed by atoms with Gasteiger partial charge in [-0.05, 0) is 30.5 Å². The summed E-state index contributed by atoms with van der Waals surface area (Å²) in [5.74, 6) is 0.726. The first-order chi connectivity index (χ1) is 11.8. The van der Waals surface area contributed by atoms with Crippen LogP contribution in [0, 0.1) is 0 Å². The fourth-order valence-corrected chi connectivity index (χ4v) is 3.09. The lowest BCUT2D eigenvalue weighted by Crippen LogP contribution is -2.39. The number of pyridine rings is 1. The van der Waals surface area contributed by atoms with E-state index in [0.29, 0.717) is 19.6 Å². The molecular formula is C17H19N5OS. The van der Waals surface area contributed by atoms with E-state index in [1.165, 1.54) is 4.88 Å². The molecule has 0 saturated carbocycles. The smallest absolute Gasteiger partial charge is 0.317 e. The van der Waals surface area contributed by atoms with Gasteiger partial charge in [0.25, 0.3) is 0 Å². The third-order valence-electron chi connectivity index (χ3n) is 3.61. The zero-order valence-electron chi connectivity index (χ0n) is 13.4. The minimum Gasteiger partial charge on any atom is -0.334 e. The number of aromatic nitrogens is 3. The molecule has 0 spiro atoms. The van der Waals surface area contributed by atoms with Gasteiger partial charge in [0, 0.05) is 42.1 Å².